The summed E-state index contributed by atoms with van der Waals surface area (Å²) >= 11 is 0. The van der Waals surface area contributed by atoms with Gasteiger partial charge in [0.25, 0.3) is 0 Å². The van der Waals surface area contributed by atoms with Crippen molar-refractivity contribution in [3.63, 3.8) is 0 Å². The van der Waals surface area contributed by atoms with Gasteiger partial charge in [0.05, 0.1) is 11.7 Å². The summed E-state index contributed by atoms with van der Waals surface area (Å²) in [6, 6.07) is 0. The molecule has 0 N–H and O–H groups in total. The van der Waals surface area contributed by atoms with Crippen molar-refractivity contribution in [2.45, 2.75) is 44.3 Å². The molecule has 2 aliphatic rings. The molecule has 1 aliphatic carbocycles. The van der Waals surface area contributed by atoms with E-state index < -0.39 is 0 Å². The van der Waals surface area contributed by atoms with Gasteiger partial charge in [-0.25, -0.2) is 0 Å². The van der Waals surface area contributed by atoms with Crippen molar-refractivity contribution in [2.75, 3.05) is 0 Å². The molecular formula is C8H14O2. The zero-order chi connectivity index (χ0) is 7.61. The summed E-state index contributed by atoms with van der Waals surface area (Å²) in [5.74, 6) is 0. The molecule has 1 atom stereocenters. The normalized spacial score (nSPS) is 33.1. The molecule has 1 aliphatic heterocycles. The van der Waals surface area contributed by atoms with Gasteiger partial charge in [0.15, 0.2) is 0 Å². The van der Waals surface area contributed by atoms with Gasteiger partial charge in [0, 0.05) is 0 Å². The third kappa shape index (κ3) is 1.37. The summed E-state index contributed by atoms with van der Waals surface area (Å²) < 4.78 is 5.66. The average Bonchev–Trinajstić information content (AvgIpc) is 2.60. The summed E-state index contributed by atoms with van der Waals surface area (Å²) in [6.07, 6.45) is 5.83. The smallest absolute Gasteiger partial charge is 0.106 e. The summed E-state index contributed by atoms with van der Waals surface area (Å²) in [4.78, 5) is 8.00. The molecule has 58 valence electrons. The van der Waals surface area contributed by atoms with Crippen molar-refractivity contribution in [2.24, 2.45) is 0 Å². The van der Waals surface area contributed by atoms with Gasteiger partial charge in [-0.2, -0.15) is 0 Å². The zero-order valence-electron chi connectivity index (χ0n) is 6.43. The topological polar surface area (TPSA) is 26.3 Å². The number of hydrogen-bond acceptors (Lipinski definition) is 2. The van der Waals surface area contributed by atoms with Crippen LogP contribution in [0.2, 0.25) is 0 Å². The minimum atomic E-state index is 0.416. The largest absolute Gasteiger partial charge is 0.372 e. The van der Waals surface area contributed by atoms with E-state index in [1.54, 1.807) is 0 Å². The highest BCUT2D eigenvalue weighted by Crippen LogP contribution is 2.49. The van der Waals surface area contributed by atoms with Crippen LogP contribution in [0.25, 0.3) is 0 Å². The molecule has 2 rings (SSSR count). The van der Waals surface area contributed by atoms with Gasteiger partial charge in [0.2, 0.25) is 0 Å². The molecule has 1 spiro atoms. The van der Waals surface area contributed by atoms with Crippen molar-refractivity contribution < 1.29 is 9.53 Å². The molecule has 0 aromatic carbocycles. The summed E-state index contributed by atoms with van der Waals surface area (Å²) in [7, 11) is 0. The van der Waals surface area contributed by atoms with Crippen LogP contribution in [0.4, 0.5) is 0 Å². The predicted molar refractivity (Wildman–Crippen MR) is 38.9 cm³/mol. The highest BCUT2D eigenvalue weighted by molar-refractivity contribution is 5.11. The number of ether oxygens (including phenoxy) is 1. The van der Waals surface area contributed by atoms with Gasteiger partial charge in [-0.3, -0.25) is 0 Å². The molecule has 1 heterocycles. The molecule has 2 nitrogen and oxygen atoms in total. The number of carbonyl (C=O) groups excluding carboxylic acids is 1. The van der Waals surface area contributed by atoms with Crippen LogP contribution < -0.4 is 0 Å². The highest BCUT2D eigenvalue weighted by Gasteiger charge is 2.48. The first-order valence-corrected chi connectivity index (χ1v) is 3.77. The van der Waals surface area contributed by atoms with Crippen molar-refractivity contribution in [1.82, 2.24) is 0 Å². The lowest BCUT2D eigenvalue weighted by Gasteiger charge is -2.05. The Hall–Kier alpha value is -0.370. The minimum absolute atomic E-state index is 0.416. The van der Waals surface area contributed by atoms with Crippen LogP contribution in [-0.4, -0.2) is 18.5 Å². The maximum absolute atomic E-state index is 8.00. The second kappa shape index (κ2) is 2.70. The Morgan fingerprint density at radius 2 is 2.00 bits per heavy atom. The lowest BCUT2D eigenvalue weighted by Crippen LogP contribution is -2.07. The van der Waals surface area contributed by atoms with E-state index in [4.69, 9.17) is 9.53 Å². The standard InChI is InChI=1S/C7H12O.CH2O/c1-6-2-3-7(8-6)4-5-7;1-2/h6H,2-5H2,1H3;1H2. The fraction of sp³-hybridized carbons (Fsp3) is 0.875. The van der Waals surface area contributed by atoms with E-state index in [0.717, 1.165) is 0 Å². The Morgan fingerprint density at radius 1 is 1.40 bits per heavy atom. The molecule has 0 radical (unpaired) electrons. The molecule has 1 unspecified atom stereocenters. The van der Waals surface area contributed by atoms with Crippen LogP contribution in [0.15, 0.2) is 0 Å². The molecule has 0 aromatic heterocycles. The molecule has 0 aromatic rings. The van der Waals surface area contributed by atoms with E-state index in [9.17, 15) is 0 Å². The van der Waals surface area contributed by atoms with Gasteiger partial charge in [0.1, 0.15) is 6.79 Å². The van der Waals surface area contributed by atoms with E-state index in [2.05, 4.69) is 6.92 Å². The Labute approximate surface area is 61.6 Å². The number of carbonyl (C=O) groups is 1. The maximum Gasteiger partial charge on any atom is 0.106 e. The first-order valence-electron chi connectivity index (χ1n) is 3.77. The van der Waals surface area contributed by atoms with Crippen molar-refractivity contribution in [3.8, 4) is 0 Å². The van der Waals surface area contributed by atoms with E-state index in [-0.39, 0.29) is 0 Å². The summed E-state index contributed by atoms with van der Waals surface area (Å²) in [6.45, 7) is 4.17. The molecule has 10 heavy (non-hydrogen) atoms. The average molecular weight is 142 g/mol. The van der Waals surface area contributed by atoms with Crippen molar-refractivity contribution in [3.05, 3.63) is 0 Å². The van der Waals surface area contributed by atoms with E-state index in [0.29, 0.717) is 11.7 Å². The van der Waals surface area contributed by atoms with Crippen LogP contribution in [0.1, 0.15) is 32.6 Å². The van der Waals surface area contributed by atoms with E-state index in [1.807, 2.05) is 6.79 Å². The molecule has 2 heteroatoms. The second-order valence-corrected chi connectivity index (χ2v) is 3.15. The van der Waals surface area contributed by atoms with Crippen molar-refractivity contribution in [1.29, 1.82) is 0 Å². The Balaban J connectivity index is 0.000000231. The molecule has 1 saturated carbocycles. The SMILES string of the molecule is C=O.CC1CCC2(CC2)O1. The van der Waals surface area contributed by atoms with Crippen LogP contribution >= 0.6 is 0 Å². The third-order valence-electron chi connectivity index (χ3n) is 2.27. The summed E-state index contributed by atoms with van der Waals surface area (Å²) in [5.41, 5.74) is 0.416. The predicted octanol–water partition coefficient (Wildman–Crippen LogP) is 1.53. The van der Waals surface area contributed by atoms with Crippen LogP contribution in [0.3, 0.4) is 0 Å². The highest BCUT2D eigenvalue weighted by atomic mass is 16.5. The molecule has 2 fully saturated rings. The zero-order valence-corrected chi connectivity index (χ0v) is 6.43. The fourth-order valence-corrected chi connectivity index (χ4v) is 1.52. The monoisotopic (exact) mass is 142 g/mol. The Bertz CT molecular complexity index is 118. The lowest BCUT2D eigenvalue weighted by atomic mass is 10.2. The fourth-order valence-electron chi connectivity index (χ4n) is 1.52. The van der Waals surface area contributed by atoms with Gasteiger partial charge >= 0.3 is 0 Å². The van der Waals surface area contributed by atoms with E-state index >= 15 is 0 Å². The maximum atomic E-state index is 8.00. The lowest BCUT2D eigenvalue weighted by molar-refractivity contribution is -0.0979. The first-order chi connectivity index (χ1) is 4.81. The summed E-state index contributed by atoms with van der Waals surface area (Å²) in [5, 5.41) is 0. The first kappa shape index (κ1) is 7.73. The third-order valence-corrected chi connectivity index (χ3v) is 2.27. The van der Waals surface area contributed by atoms with Crippen molar-refractivity contribution >= 4 is 6.79 Å². The molecule has 0 amide bonds. The van der Waals surface area contributed by atoms with Gasteiger partial charge in [-0.1, -0.05) is 0 Å². The van der Waals surface area contributed by atoms with Crippen LogP contribution in [0.5, 0.6) is 0 Å². The Morgan fingerprint density at radius 3 is 2.20 bits per heavy atom. The minimum Gasteiger partial charge on any atom is -0.372 e. The molecule has 0 bridgehead atoms. The van der Waals surface area contributed by atoms with Gasteiger partial charge in [-0.15, -0.1) is 0 Å². The van der Waals surface area contributed by atoms with Crippen LogP contribution in [-0.2, 0) is 9.53 Å². The Kier molecular flexibility index (Phi) is 2.09. The molecule has 1 saturated heterocycles. The van der Waals surface area contributed by atoms with E-state index in [1.165, 1.54) is 25.7 Å². The number of hydrogen-bond donors (Lipinski definition) is 0. The quantitative estimate of drug-likeness (QED) is 0.512. The van der Waals surface area contributed by atoms with Gasteiger partial charge < -0.3 is 9.53 Å². The molecular weight excluding hydrogens is 128 g/mol. The van der Waals surface area contributed by atoms with Crippen LogP contribution in [0, 0.1) is 0 Å². The second-order valence-electron chi connectivity index (χ2n) is 3.15. The number of rotatable bonds is 0. The van der Waals surface area contributed by atoms with Gasteiger partial charge in [-0.05, 0) is 32.6 Å².